The summed E-state index contributed by atoms with van der Waals surface area (Å²) in [6.07, 6.45) is 4.47. The van der Waals surface area contributed by atoms with Gasteiger partial charge in [-0.1, -0.05) is 12.1 Å². The summed E-state index contributed by atoms with van der Waals surface area (Å²) >= 11 is 0. The standard InChI is InChI=1S/C17H28N4/c1-19(2)11-9-18-17-7-5-6-15-14-21(10-8-16(15)17)13-12-20(3)4/h5-8,10,18H,9,11-14H2,1-4H3. The third kappa shape index (κ3) is 4.76. The van der Waals surface area contributed by atoms with E-state index < -0.39 is 0 Å². The molecule has 4 heteroatoms. The Labute approximate surface area is 129 Å². The van der Waals surface area contributed by atoms with Crippen LogP contribution in [0, 0.1) is 0 Å². The zero-order valence-electron chi connectivity index (χ0n) is 13.8. The Bertz CT molecular complexity index is 480. The Balaban J connectivity index is 1.99. The fourth-order valence-electron chi connectivity index (χ4n) is 2.45. The van der Waals surface area contributed by atoms with Gasteiger partial charge in [-0.05, 0) is 45.9 Å². The zero-order valence-corrected chi connectivity index (χ0v) is 13.8. The van der Waals surface area contributed by atoms with Gasteiger partial charge in [0, 0.05) is 50.2 Å². The van der Waals surface area contributed by atoms with E-state index in [1.807, 2.05) is 0 Å². The first kappa shape index (κ1) is 15.9. The van der Waals surface area contributed by atoms with Crippen molar-refractivity contribution >= 4 is 11.8 Å². The number of benzene rings is 1. The van der Waals surface area contributed by atoms with Crippen molar-refractivity contribution in [2.24, 2.45) is 0 Å². The summed E-state index contributed by atoms with van der Waals surface area (Å²) in [5.41, 5.74) is 4.00. The highest BCUT2D eigenvalue weighted by molar-refractivity contribution is 5.70. The van der Waals surface area contributed by atoms with E-state index in [2.05, 4.69) is 78.7 Å². The third-order valence-corrected chi connectivity index (χ3v) is 3.73. The van der Waals surface area contributed by atoms with Gasteiger partial charge in [0.15, 0.2) is 0 Å². The van der Waals surface area contributed by atoms with Crippen molar-refractivity contribution in [1.29, 1.82) is 0 Å². The minimum absolute atomic E-state index is 0.974. The number of anilines is 1. The van der Waals surface area contributed by atoms with Crippen LogP contribution in [0.3, 0.4) is 0 Å². The van der Waals surface area contributed by atoms with Gasteiger partial charge in [0.25, 0.3) is 0 Å². The van der Waals surface area contributed by atoms with Gasteiger partial charge < -0.3 is 20.0 Å². The molecule has 1 aromatic carbocycles. The topological polar surface area (TPSA) is 21.8 Å². The number of hydrogen-bond donors (Lipinski definition) is 1. The Kier molecular flexibility index (Phi) is 5.65. The number of fused-ring (bicyclic) bond motifs is 1. The monoisotopic (exact) mass is 288 g/mol. The van der Waals surface area contributed by atoms with Gasteiger partial charge in [-0.2, -0.15) is 0 Å². The van der Waals surface area contributed by atoms with E-state index in [0.29, 0.717) is 0 Å². The second-order valence-corrected chi connectivity index (χ2v) is 6.20. The summed E-state index contributed by atoms with van der Waals surface area (Å²) in [5, 5.41) is 3.55. The van der Waals surface area contributed by atoms with Crippen LogP contribution < -0.4 is 5.32 Å². The maximum absolute atomic E-state index is 3.55. The van der Waals surface area contributed by atoms with Crippen LogP contribution in [0.25, 0.3) is 6.08 Å². The Morgan fingerprint density at radius 3 is 2.57 bits per heavy atom. The fourth-order valence-corrected chi connectivity index (χ4v) is 2.45. The zero-order chi connectivity index (χ0) is 15.2. The predicted molar refractivity (Wildman–Crippen MR) is 91.5 cm³/mol. The van der Waals surface area contributed by atoms with Crippen LogP contribution >= 0.6 is 0 Å². The van der Waals surface area contributed by atoms with Gasteiger partial charge in [-0.15, -0.1) is 0 Å². The lowest BCUT2D eigenvalue weighted by molar-refractivity contribution is 0.301. The predicted octanol–water partition coefficient (Wildman–Crippen LogP) is 2.01. The molecule has 0 unspecified atom stereocenters. The van der Waals surface area contributed by atoms with E-state index >= 15 is 0 Å². The average molecular weight is 288 g/mol. The van der Waals surface area contributed by atoms with Crippen LogP contribution in [0.5, 0.6) is 0 Å². The van der Waals surface area contributed by atoms with E-state index in [1.54, 1.807) is 0 Å². The maximum atomic E-state index is 3.55. The maximum Gasteiger partial charge on any atom is 0.0431 e. The fraction of sp³-hybridized carbons (Fsp3) is 0.529. The van der Waals surface area contributed by atoms with E-state index in [-0.39, 0.29) is 0 Å². The minimum Gasteiger partial charge on any atom is -0.383 e. The largest absolute Gasteiger partial charge is 0.383 e. The van der Waals surface area contributed by atoms with Crippen LogP contribution in [0.4, 0.5) is 5.69 Å². The SMILES string of the molecule is CN(C)CCNc1cccc2c1C=CN(CCN(C)C)C2. The molecule has 1 heterocycles. The van der Waals surface area contributed by atoms with Crippen LogP contribution in [0.2, 0.25) is 0 Å². The van der Waals surface area contributed by atoms with Crippen molar-refractivity contribution in [2.45, 2.75) is 6.54 Å². The molecule has 0 bridgehead atoms. The van der Waals surface area contributed by atoms with Gasteiger partial charge in [0.1, 0.15) is 0 Å². The molecule has 1 N–H and O–H groups in total. The Morgan fingerprint density at radius 2 is 1.86 bits per heavy atom. The van der Waals surface area contributed by atoms with Crippen molar-refractivity contribution in [3.05, 3.63) is 35.5 Å². The molecule has 0 saturated heterocycles. The van der Waals surface area contributed by atoms with E-state index in [4.69, 9.17) is 0 Å². The molecule has 0 spiro atoms. The molecule has 1 aliphatic heterocycles. The summed E-state index contributed by atoms with van der Waals surface area (Å²) in [6, 6.07) is 6.56. The highest BCUT2D eigenvalue weighted by atomic mass is 15.2. The molecule has 4 nitrogen and oxygen atoms in total. The molecule has 2 rings (SSSR count). The molecule has 0 radical (unpaired) electrons. The molecule has 116 valence electrons. The number of hydrogen-bond acceptors (Lipinski definition) is 4. The Hall–Kier alpha value is -1.52. The van der Waals surface area contributed by atoms with Gasteiger partial charge >= 0.3 is 0 Å². The third-order valence-electron chi connectivity index (χ3n) is 3.73. The number of rotatable bonds is 7. The van der Waals surface area contributed by atoms with Crippen molar-refractivity contribution in [2.75, 3.05) is 59.7 Å². The van der Waals surface area contributed by atoms with Gasteiger partial charge in [0.2, 0.25) is 0 Å². The number of likely N-dealkylation sites (N-methyl/N-ethyl adjacent to an activating group) is 2. The lowest BCUT2D eigenvalue weighted by atomic mass is 10.0. The van der Waals surface area contributed by atoms with Crippen molar-refractivity contribution in [3.63, 3.8) is 0 Å². The highest BCUT2D eigenvalue weighted by Crippen LogP contribution is 2.26. The Morgan fingerprint density at radius 1 is 1.10 bits per heavy atom. The van der Waals surface area contributed by atoms with Gasteiger partial charge in [-0.25, -0.2) is 0 Å². The normalized spacial score (nSPS) is 13.9. The lowest BCUT2D eigenvalue weighted by Gasteiger charge is -2.28. The van der Waals surface area contributed by atoms with E-state index in [0.717, 1.165) is 32.7 Å². The van der Waals surface area contributed by atoms with Crippen LogP contribution in [-0.2, 0) is 6.54 Å². The quantitative estimate of drug-likeness (QED) is 0.828. The molecule has 0 atom stereocenters. The number of nitrogens with one attached hydrogen (secondary N) is 1. The molecule has 21 heavy (non-hydrogen) atoms. The molecule has 1 aromatic rings. The molecule has 0 amide bonds. The van der Waals surface area contributed by atoms with Crippen molar-refractivity contribution in [3.8, 4) is 0 Å². The van der Waals surface area contributed by atoms with E-state index in [1.165, 1.54) is 16.8 Å². The molecular formula is C17H28N4. The molecule has 0 aliphatic carbocycles. The first-order chi connectivity index (χ1) is 10.1. The molecular weight excluding hydrogens is 260 g/mol. The van der Waals surface area contributed by atoms with Gasteiger partial charge in [-0.3, -0.25) is 0 Å². The average Bonchev–Trinajstić information content (AvgIpc) is 2.44. The van der Waals surface area contributed by atoms with E-state index in [9.17, 15) is 0 Å². The minimum atomic E-state index is 0.974. The smallest absolute Gasteiger partial charge is 0.0431 e. The summed E-state index contributed by atoms with van der Waals surface area (Å²) in [5.74, 6) is 0. The molecule has 0 saturated carbocycles. The van der Waals surface area contributed by atoms with Crippen molar-refractivity contribution < 1.29 is 0 Å². The molecule has 1 aliphatic rings. The summed E-state index contributed by atoms with van der Waals surface area (Å²) in [4.78, 5) is 6.80. The van der Waals surface area contributed by atoms with Crippen LogP contribution in [0.15, 0.2) is 24.4 Å². The summed E-state index contributed by atoms with van der Waals surface area (Å²) < 4.78 is 0. The number of nitrogens with zero attached hydrogens (tertiary/aromatic N) is 3. The summed E-state index contributed by atoms with van der Waals surface area (Å²) in [6.45, 7) is 5.18. The highest BCUT2D eigenvalue weighted by Gasteiger charge is 2.13. The first-order valence-electron chi connectivity index (χ1n) is 7.64. The van der Waals surface area contributed by atoms with Crippen LogP contribution in [0.1, 0.15) is 11.1 Å². The van der Waals surface area contributed by atoms with Crippen molar-refractivity contribution in [1.82, 2.24) is 14.7 Å². The second-order valence-electron chi connectivity index (χ2n) is 6.20. The molecule has 0 fully saturated rings. The second kappa shape index (κ2) is 7.48. The first-order valence-corrected chi connectivity index (χ1v) is 7.64. The van der Waals surface area contributed by atoms with Gasteiger partial charge in [0.05, 0.1) is 0 Å². The summed E-state index contributed by atoms with van der Waals surface area (Å²) in [7, 11) is 8.44. The van der Waals surface area contributed by atoms with Crippen LogP contribution in [-0.4, -0.2) is 69.1 Å². The molecule has 0 aromatic heterocycles. The lowest BCUT2D eigenvalue weighted by Crippen LogP contribution is -2.29.